The van der Waals surface area contributed by atoms with Crippen LogP contribution in [0.1, 0.15) is 44.3 Å². The number of halogens is 1. The molecule has 1 aliphatic rings. The number of rotatable bonds is 7. The van der Waals surface area contributed by atoms with Crippen molar-refractivity contribution in [1.29, 1.82) is 0 Å². The number of fused-ring (bicyclic) bond motifs is 1. The topological polar surface area (TPSA) is 61.0 Å². The van der Waals surface area contributed by atoms with Gasteiger partial charge in [-0.05, 0) is 57.5 Å². The van der Waals surface area contributed by atoms with Crippen molar-refractivity contribution in [2.24, 2.45) is 0 Å². The van der Waals surface area contributed by atoms with Gasteiger partial charge >= 0.3 is 0 Å². The van der Waals surface area contributed by atoms with E-state index in [9.17, 15) is 4.79 Å². The minimum atomic E-state index is 0.162. The molecular weight excluding hydrogens is 336 g/mol. The maximum atomic E-state index is 12.0. The molecule has 25 heavy (non-hydrogen) atoms. The molecule has 0 aliphatic carbocycles. The maximum absolute atomic E-state index is 12.0. The number of hydrogen-bond donors (Lipinski definition) is 2. The number of piperidine rings is 1. The number of likely N-dealkylation sites (tertiary alicyclic amines) is 1. The predicted octanol–water partition coefficient (Wildman–Crippen LogP) is 3.53. The molecule has 1 aliphatic heterocycles. The highest BCUT2D eigenvalue weighted by molar-refractivity contribution is 6.31. The Morgan fingerprint density at radius 1 is 1.44 bits per heavy atom. The van der Waals surface area contributed by atoms with Crippen LogP contribution in [-0.4, -0.2) is 47.0 Å². The summed E-state index contributed by atoms with van der Waals surface area (Å²) in [5.41, 5.74) is 1.89. The second kappa shape index (κ2) is 8.68. The fourth-order valence-corrected chi connectivity index (χ4v) is 3.70. The number of carbonyl (C=O) groups excluding carboxylic acids is 1. The molecule has 6 heteroatoms. The van der Waals surface area contributed by atoms with Crippen molar-refractivity contribution in [3.63, 3.8) is 0 Å². The number of amides is 1. The van der Waals surface area contributed by atoms with Gasteiger partial charge in [-0.15, -0.1) is 0 Å². The van der Waals surface area contributed by atoms with Crippen molar-refractivity contribution in [2.45, 2.75) is 51.0 Å². The van der Waals surface area contributed by atoms with E-state index in [1.807, 2.05) is 18.2 Å². The van der Waals surface area contributed by atoms with Crippen LogP contribution in [0.3, 0.4) is 0 Å². The molecule has 2 N–H and O–H groups in total. The molecule has 2 aromatic rings. The third-order valence-corrected chi connectivity index (χ3v) is 5.27. The Hall–Kier alpha value is -1.59. The lowest BCUT2D eigenvalue weighted by molar-refractivity contribution is -0.121. The van der Waals surface area contributed by atoms with Gasteiger partial charge in [0.15, 0.2) is 0 Å². The molecular formula is C19H27ClN4O. The lowest BCUT2D eigenvalue weighted by atomic mass is 9.98. The first-order chi connectivity index (χ1) is 12.1. The summed E-state index contributed by atoms with van der Waals surface area (Å²) < 4.78 is 0. The van der Waals surface area contributed by atoms with Gasteiger partial charge in [0, 0.05) is 30.5 Å². The molecule has 1 aromatic heterocycles. The molecule has 0 saturated carbocycles. The molecule has 2 heterocycles. The van der Waals surface area contributed by atoms with Crippen molar-refractivity contribution < 1.29 is 4.79 Å². The molecule has 1 amide bonds. The fourth-order valence-electron chi connectivity index (χ4n) is 3.53. The molecule has 1 saturated heterocycles. The average molecular weight is 363 g/mol. The van der Waals surface area contributed by atoms with Crippen molar-refractivity contribution in [3.05, 3.63) is 29.0 Å². The van der Waals surface area contributed by atoms with Gasteiger partial charge in [-0.1, -0.05) is 18.0 Å². The smallest absolute Gasteiger partial charge is 0.220 e. The zero-order valence-electron chi connectivity index (χ0n) is 14.9. The van der Waals surface area contributed by atoms with Gasteiger partial charge < -0.3 is 15.2 Å². The lowest BCUT2D eigenvalue weighted by Gasteiger charge is -2.32. The number of nitrogens with one attached hydrogen (secondary N) is 2. The van der Waals surface area contributed by atoms with Crippen LogP contribution < -0.4 is 5.32 Å². The summed E-state index contributed by atoms with van der Waals surface area (Å²) >= 11 is 5.99. The van der Waals surface area contributed by atoms with E-state index in [0.29, 0.717) is 24.0 Å². The fraction of sp³-hybridized carbons (Fsp3) is 0.579. The third-order valence-electron chi connectivity index (χ3n) is 5.03. The zero-order valence-corrected chi connectivity index (χ0v) is 15.6. The molecule has 3 rings (SSSR count). The highest BCUT2D eigenvalue weighted by atomic mass is 35.5. The van der Waals surface area contributed by atoms with Gasteiger partial charge in [-0.3, -0.25) is 4.79 Å². The van der Waals surface area contributed by atoms with E-state index in [1.165, 1.54) is 19.3 Å². The molecule has 0 bridgehead atoms. The number of aromatic amines is 1. The van der Waals surface area contributed by atoms with Crippen LogP contribution in [0.4, 0.5) is 0 Å². The van der Waals surface area contributed by atoms with E-state index in [1.54, 1.807) is 0 Å². The Labute approximate surface area is 154 Å². The molecule has 0 radical (unpaired) electrons. The van der Waals surface area contributed by atoms with Crippen LogP contribution in [0.2, 0.25) is 5.02 Å². The highest BCUT2D eigenvalue weighted by Crippen LogP contribution is 2.19. The van der Waals surface area contributed by atoms with Gasteiger partial charge in [0.05, 0.1) is 11.0 Å². The second-order valence-corrected chi connectivity index (χ2v) is 7.40. The minimum absolute atomic E-state index is 0.162. The van der Waals surface area contributed by atoms with E-state index < -0.39 is 0 Å². The first-order valence-corrected chi connectivity index (χ1v) is 9.61. The minimum Gasteiger partial charge on any atom is -0.356 e. The van der Waals surface area contributed by atoms with E-state index in [2.05, 4.69) is 27.2 Å². The van der Waals surface area contributed by atoms with Crippen molar-refractivity contribution in [1.82, 2.24) is 20.2 Å². The summed E-state index contributed by atoms with van der Waals surface area (Å²) in [6.45, 7) is 1.85. The van der Waals surface area contributed by atoms with E-state index in [4.69, 9.17) is 11.6 Å². The molecule has 1 aromatic carbocycles. The molecule has 1 atom stereocenters. The zero-order chi connectivity index (χ0) is 17.6. The summed E-state index contributed by atoms with van der Waals surface area (Å²) in [6, 6.07) is 6.22. The lowest BCUT2D eigenvalue weighted by Crippen LogP contribution is -2.37. The Morgan fingerprint density at radius 3 is 3.16 bits per heavy atom. The van der Waals surface area contributed by atoms with Crippen molar-refractivity contribution in [2.75, 3.05) is 20.1 Å². The standard InChI is InChI=1S/C19H27ClN4O/c1-24-12-3-2-5-15(24)8-10-19(25)21-11-4-6-18-22-16-9-7-14(20)13-17(16)23-18/h7,9,13,15H,2-6,8,10-12H2,1H3,(H,21,25)(H,22,23)/t15-/m0/s1. The number of carbonyl (C=O) groups is 1. The predicted molar refractivity (Wildman–Crippen MR) is 102 cm³/mol. The van der Waals surface area contributed by atoms with Crippen LogP contribution in [0, 0.1) is 0 Å². The third kappa shape index (κ3) is 5.19. The number of aryl methyl sites for hydroxylation is 1. The van der Waals surface area contributed by atoms with Gasteiger partial charge in [0.25, 0.3) is 0 Å². The number of nitrogens with zero attached hydrogens (tertiary/aromatic N) is 2. The van der Waals surface area contributed by atoms with Gasteiger partial charge in [0.2, 0.25) is 5.91 Å². The van der Waals surface area contributed by atoms with Crippen LogP contribution >= 0.6 is 11.6 Å². The summed E-state index contributed by atoms with van der Waals surface area (Å²) in [5.74, 6) is 1.10. The molecule has 0 spiro atoms. The molecule has 0 unspecified atom stereocenters. The number of hydrogen-bond acceptors (Lipinski definition) is 3. The number of benzene rings is 1. The molecule has 136 valence electrons. The Morgan fingerprint density at radius 2 is 2.32 bits per heavy atom. The first kappa shape index (κ1) is 18.2. The maximum Gasteiger partial charge on any atom is 0.220 e. The molecule has 1 fully saturated rings. The Balaban J connectivity index is 1.35. The van der Waals surface area contributed by atoms with E-state index in [-0.39, 0.29) is 5.91 Å². The largest absolute Gasteiger partial charge is 0.356 e. The number of aromatic nitrogens is 2. The van der Waals surface area contributed by atoms with Gasteiger partial charge in [-0.2, -0.15) is 0 Å². The van der Waals surface area contributed by atoms with Crippen LogP contribution in [0.5, 0.6) is 0 Å². The number of H-pyrrole nitrogens is 1. The first-order valence-electron chi connectivity index (χ1n) is 9.23. The van der Waals surface area contributed by atoms with Crippen molar-refractivity contribution in [3.8, 4) is 0 Å². The summed E-state index contributed by atoms with van der Waals surface area (Å²) in [6.07, 6.45) is 7.08. The van der Waals surface area contributed by atoms with E-state index >= 15 is 0 Å². The summed E-state index contributed by atoms with van der Waals surface area (Å²) in [4.78, 5) is 22.2. The summed E-state index contributed by atoms with van der Waals surface area (Å²) in [5, 5.41) is 3.74. The monoisotopic (exact) mass is 362 g/mol. The van der Waals surface area contributed by atoms with Gasteiger partial charge in [-0.25, -0.2) is 4.98 Å². The quantitative estimate of drug-likeness (QED) is 0.741. The Bertz CT molecular complexity index is 715. The van der Waals surface area contributed by atoms with E-state index in [0.717, 1.165) is 42.7 Å². The molecule has 5 nitrogen and oxygen atoms in total. The SMILES string of the molecule is CN1CCCC[C@H]1CCC(=O)NCCCc1nc2ccc(Cl)cc2[nH]1. The van der Waals surface area contributed by atoms with Crippen molar-refractivity contribution >= 4 is 28.5 Å². The summed E-state index contributed by atoms with van der Waals surface area (Å²) in [7, 11) is 2.17. The number of imidazole rings is 1. The Kier molecular flexibility index (Phi) is 6.32. The highest BCUT2D eigenvalue weighted by Gasteiger charge is 2.19. The van der Waals surface area contributed by atoms with Gasteiger partial charge in [0.1, 0.15) is 5.82 Å². The van der Waals surface area contributed by atoms with Crippen LogP contribution in [0.15, 0.2) is 18.2 Å². The second-order valence-electron chi connectivity index (χ2n) is 6.97. The average Bonchev–Trinajstić information content (AvgIpc) is 3.00. The van der Waals surface area contributed by atoms with Crippen LogP contribution in [0.25, 0.3) is 11.0 Å². The van der Waals surface area contributed by atoms with Crippen LogP contribution in [-0.2, 0) is 11.2 Å². The normalized spacial score (nSPS) is 18.6.